The maximum absolute atomic E-state index is 12.0. The van der Waals surface area contributed by atoms with Crippen molar-refractivity contribution in [2.75, 3.05) is 6.54 Å². The van der Waals surface area contributed by atoms with E-state index in [2.05, 4.69) is 21.2 Å². The highest BCUT2D eigenvalue weighted by Gasteiger charge is 2.14. The normalized spacial score (nSPS) is 11.9. The number of hydrogen-bond donors (Lipinski definition) is 2. The summed E-state index contributed by atoms with van der Waals surface area (Å²) in [6, 6.07) is 5.52. The molecule has 1 aromatic rings. The van der Waals surface area contributed by atoms with E-state index in [1.165, 1.54) is 0 Å². The van der Waals surface area contributed by atoms with Crippen molar-refractivity contribution in [3.05, 3.63) is 33.8 Å². The van der Waals surface area contributed by atoms with Crippen LogP contribution >= 0.6 is 15.9 Å². The molecule has 0 spiro atoms. The van der Waals surface area contributed by atoms with E-state index in [1.807, 2.05) is 26.0 Å². The van der Waals surface area contributed by atoms with Gasteiger partial charge in [0.1, 0.15) is 0 Å². The summed E-state index contributed by atoms with van der Waals surface area (Å²) in [6.07, 6.45) is 0.804. The molecule has 19 heavy (non-hydrogen) atoms. The van der Waals surface area contributed by atoms with Crippen LogP contribution in [-0.2, 0) is 4.79 Å². The second kappa shape index (κ2) is 7.28. The molecule has 4 nitrogen and oxygen atoms in total. The zero-order valence-corrected chi connectivity index (χ0v) is 12.7. The van der Waals surface area contributed by atoms with Crippen molar-refractivity contribution in [3.63, 3.8) is 0 Å². The molecular weight excluding hydrogens is 310 g/mol. The molecule has 0 aliphatic heterocycles. The second-order valence-corrected chi connectivity index (χ2v) is 5.46. The molecule has 1 amide bonds. The molecule has 1 rings (SSSR count). The molecule has 0 bridgehead atoms. The minimum absolute atomic E-state index is 0.0334. The van der Waals surface area contributed by atoms with Crippen LogP contribution in [0.5, 0.6) is 0 Å². The van der Waals surface area contributed by atoms with Crippen LogP contribution in [0.15, 0.2) is 22.7 Å². The van der Waals surface area contributed by atoms with Crippen LogP contribution in [0, 0.1) is 12.8 Å². The first kappa shape index (κ1) is 15.7. The first-order valence-electron chi connectivity index (χ1n) is 6.20. The lowest BCUT2D eigenvalue weighted by Crippen LogP contribution is -2.30. The number of benzene rings is 1. The van der Waals surface area contributed by atoms with Crippen molar-refractivity contribution in [3.8, 4) is 0 Å². The standard InChI is InChI=1S/C14H18BrNO3/c1-3-10(6-13(17)18)8-16-14(19)12-7-11(15)5-4-9(12)2/h4-5,7,10H,3,6,8H2,1-2H3,(H,16,19)(H,17,18). The van der Waals surface area contributed by atoms with Gasteiger partial charge in [-0.05, 0) is 30.5 Å². The van der Waals surface area contributed by atoms with E-state index in [0.717, 1.165) is 16.5 Å². The van der Waals surface area contributed by atoms with Crippen molar-refractivity contribution in [1.29, 1.82) is 0 Å². The smallest absolute Gasteiger partial charge is 0.303 e. The summed E-state index contributed by atoms with van der Waals surface area (Å²) in [5, 5.41) is 11.6. The quantitative estimate of drug-likeness (QED) is 0.844. The second-order valence-electron chi connectivity index (χ2n) is 4.54. The zero-order chi connectivity index (χ0) is 14.4. The van der Waals surface area contributed by atoms with Crippen LogP contribution in [0.4, 0.5) is 0 Å². The number of carbonyl (C=O) groups is 2. The number of rotatable bonds is 6. The van der Waals surface area contributed by atoms with Gasteiger partial charge in [-0.25, -0.2) is 0 Å². The van der Waals surface area contributed by atoms with Gasteiger partial charge in [0.2, 0.25) is 0 Å². The minimum atomic E-state index is -0.834. The molecule has 1 unspecified atom stereocenters. The molecule has 0 saturated heterocycles. The minimum Gasteiger partial charge on any atom is -0.481 e. The Hall–Kier alpha value is -1.36. The van der Waals surface area contributed by atoms with Gasteiger partial charge in [0, 0.05) is 23.0 Å². The summed E-state index contributed by atoms with van der Waals surface area (Å²) in [7, 11) is 0. The lowest BCUT2D eigenvalue weighted by atomic mass is 10.0. The van der Waals surface area contributed by atoms with Gasteiger partial charge in [0.25, 0.3) is 5.91 Å². The largest absolute Gasteiger partial charge is 0.481 e. The molecule has 1 aromatic carbocycles. The average Bonchev–Trinajstić information content (AvgIpc) is 2.36. The Labute approximate surface area is 121 Å². The molecule has 5 heteroatoms. The number of amides is 1. The summed E-state index contributed by atoms with van der Waals surface area (Å²) in [4.78, 5) is 22.7. The van der Waals surface area contributed by atoms with Gasteiger partial charge in [0.15, 0.2) is 0 Å². The highest BCUT2D eigenvalue weighted by atomic mass is 79.9. The number of hydrogen-bond acceptors (Lipinski definition) is 2. The molecule has 0 heterocycles. The molecule has 2 N–H and O–H groups in total. The zero-order valence-electron chi connectivity index (χ0n) is 11.1. The van der Waals surface area contributed by atoms with Crippen molar-refractivity contribution < 1.29 is 14.7 Å². The first-order chi connectivity index (χ1) is 8.93. The number of aliphatic carboxylic acids is 1. The Bertz CT molecular complexity index is 474. The molecule has 0 aromatic heterocycles. The maximum atomic E-state index is 12.0. The first-order valence-corrected chi connectivity index (χ1v) is 6.99. The molecule has 0 fully saturated rings. The number of aryl methyl sites for hydroxylation is 1. The Morgan fingerprint density at radius 2 is 2.11 bits per heavy atom. The average molecular weight is 328 g/mol. The third kappa shape index (κ3) is 5.03. The van der Waals surface area contributed by atoms with Gasteiger partial charge in [-0.3, -0.25) is 9.59 Å². The molecule has 0 saturated carbocycles. The van der Waals surface area contributed by atoms with Crippen LogP contribution < -0.4 is 5.32 Å². The predicted molar refractivity (Wildman–Crippen MR) is 77.2 cm³/mol. The van der Waals surface area contributed by atoms with Gasteiger partial charge in [-0.15, -0.1) is 0 Å². The molecule has 0 aliphatic carbocycles. The van der Waals surface area contributed by atoms with Gasteiger partial charge in [-0.2, -0.15) is 0 Å². The van der Waals surface area contributed by atoms with E-state index in [1.54, 1.807) is 6.07 Å². The fourth-order valence-corrected chi connectivity index (χ4v) is 2.14. The summed E-state index contributed by atoms with van der Waals surface area (Å²) in [5.41, 5.74) is 1.51. The van der Waals surface area contributed by atoms with E-state index in [4.69, 9.17) is 5.11 Å². The van der Waals surface area contributed by atoms with Gasteiger partial charge < -0.3 is 10.4 Å². The lowest BCUT2D eigenvalue weighted by molar-refractivity contribution is -0.138. The van der Waals surface area contributed by atoms with E-state index >= 15 is 0 Å². The lowest BCUT2D eigenvalue weighted by Gasteiger charge is -2.14. The van der Waals surface area contributed by atoms with E-state index < -0.39 is 5.97 Å². The molecule has 1 atom stereocenters. The van der Waals surface area contributed by atoms with Crippen molar-refractivity contribution >= 4 is 27.8 Å². The van der Waals surface area contributed by atoms with Crippen molar-refractivity contribution in [1.82, 2.24) is 5.32 Å². The van der Waals surface area contributed by atoms with Crippen molar-refractivity contribution in [2.45, 2.75) is 26.7 Å². The van der Waals surface area contributed by atoms with Crippen molar-refractivity contribution in [2.24, 2.45) is 5.92 Å². The Morgan fingerprint density at radius 3 is 2.68 bits per heavy atom. The van der Waals surface area contributed by atoms with Gasteiger partial charge in [0.05, 0.1) is 0 Å². The monoisotopic (exact) mass is 327 g/mol. The van der Waals surface area contributed by atoms with Crippen LogP contribution in [0.3, 0.4) is 0 Å². The Morgan fingerprint density at radius 1 is 1.42 bits per heavy atom. The third-order valence-electron chi connectivity index (χ3n) is 3.04. The molecule has 0 aliphatic rings. The number of carboxylic acids is 1. The SMILES string of the molecule is CCC(CNC(=O)c1cc(Br)ccc1C)CC(=O)O. The Kier molecular flexibility index (Phi) is 6.02. The topological polar surface area (TPSA) is 66.4 Å². The fourth-order valence-electron chi connectivity index (χ4n) is 1.78. The van der Waals surface area contributed by atoms with E-state index in [-0.39, 0.29) is 18.2 Å². The highest BCUT2D eigenvalue weighted by molar-refractivity contribution is 9.10. The summed E-state index contributed by atoms with van der Waals surface area (Å²) < 4.78 is 0.848. The molecule has 104 valence electrons. The van der Waals surface area contributed by atoms with Gasteiger partial charge in [-0.1, -0.05) is 35.3 Å². The predicted octanol–water partition coefficient (Wildman–Crippen LogP) is 2.99. The number of halogens is 1. The van der Waals surface area contributed by atoms with Crippen LogP contribution in [0.1, 0.15) is 35.7 Å². The summed E-state index contributed by atoms with van der Waals surface area (Å²) in [6.45, 7) is 4.17. The van der Waals surface area contributed by atoms with E-state index in [0.29, 0.717) is 12.1 Å². The third-order valence-corrected chi connectivity index (χ3v) is 3.53. The number of carbonyl (C=O) groups excluding carboxylic acids is 1. The van der Waals surface area contributed by atoms with E-state index in [9.17, 15) is 9.59 Å². The fraction of sp³-hybridized carbons (Fsp3) is 0.429. The summed E-state index contributed by atoms with van der Waals surface area (Å²) >= 11 is 3.33. The number of nitrogens with one attached hydrogen (secondary N) is 1. The van der Waals surface area contributed by atoms with Gasteiger partial charge >= 0.3 is 5.97 Å². The summed E-state index contributed by atoms with van der Waals surface area (Å²) in [5.74, 6) is -1.03. The Balaban J connectivity index is 2.64. The van der Waals surface area contributed by atoms with Crippen LogP contribution in [-0.4, -0.2) is 23.5 Å². The highest BCUT2D eigenvalue weighted by Crippen LogP contribution is 2.16. The molecular formula is C14H18BrNO3. The molecule has 0 radical (unpaired) electrons. The van der Waals surface area contributed by atoms with Crippen LogP contribution in [0.2, 0.25) is 0 Å². The maximum Gasteiger partial charge on any atom is 0.303 e. The van der Waals surface area contributed by atoms with Crippen LogP contribution in [0.25, 0.3) is 0 Å². The number of carboxylic acid groups (broad SMARTS) is 1.